The highest BCUT2D eigenvalue weighted by Crippen LogP contribution is 2.29. The molecule has 1 heterocycles. The van der Waals surface area contributed by atoms with Crippen LogP contribution >= 0.6 is 11.6 Å². The van der Waals surface area contributed by atoms with E-state index in [0.29, 0.717) is 6.54 Å². The lowest BCUT2D eigenvalue weighted by Gasteiger charge is -2.00. The van der Waals surface area contributed by atoms with Crippen LogP contribution in [-0.4, -0.2) is 11.5 Å². The number of hydrogen-bond donors (Lipinski definition) is 1. The number of aryl methyl sites for hydroxylation is 3. The lowest BCUT2D eigenvalue weighted by Crippen LogP contribution is -2.00. The number of rotatable bonds is 3. The van der Waals surface area contributed by atoms with Crippen molar-refractivity contribution < 1.29 is 4.42 Å². The monoisotopic (exact) mass is 238 g/mol. The smallest absolute Gasteiger partial charge is 0.195 e. The van der Waals surface area contributed by atoms with Crippen molar-refractivity contribution in [1.82, 2.24) is 4.98 Å². The molecule has 0 radical (unpaired) electrons. The normalized spacial score (nSPS) is 11.2. The van der Waals surface area contributed by atoms with Crippen LogP contribution in [-0.2, 0) is 6.42 Å². The van der Waals surface area contributed by atoms with Gasteiger partial charge in [0, 0.05) is 11.4 Å². The Kier molecular flexibility index (Phi) is 3.17. The molecule has 1 aromatic carbocycles. The Morgan fingerprint density at radius 1 is 1.44 bits per heavy atom. The molecule has 0 aliphatic rings. The van der Waals surface area contributed by atoms with Gasteiger partial charge in [0.05, 0.1) is 0 Å². The molecule has 4 heteroatoms. The number of benzene rings is 1. The van der Waals surface area contributed by atoms with Crippen LogP contribution < -0.4 is 5.73 Å². The first-order chi connectivity index (χ1) is 7.63. The van der Waals surface area contributed by atoms with E-state index in [0.717, 1.165) is 46.0 Å². The molecule has 0 atom stereocenters. The van der Waals surface area contributed by atoms with Crippen molar-refractivity contribution in [2.24, 2.45) is 5.73 Å². The van der Waals surface area contributed by atoms with E-state index in [-0.39, 0.29) is 0 Å². The van der Waals surface area contributed by atoms with Crippen molar-refractivity contribution in [1.29, 1.82) is 0 Å². The van der Waals surface area contributed by atoms with Crippen LogP contribution in [0.5, 0.6) is 0 Å². The van der Waals surface area contributed by atoms with Crippen molar-refractivity contribution in [3.8, 4) is 0 Å². The van der Waals surface area contributed by atoms with Crippen LogP contribution in [0.1, 0.15) is 23.4 Å². The Hall–Kier alpha value is -1.06. The van der Waals surface area contributed by atoms with Crippen LogP contribution in [0.15, 0.2) is 10.5 Å². The van der Waals surface area contributed by atoms with E-state index in [4.69, 9.17) is 21.8 Å². The summed E-state index contributed by atoms with van der Waals surface area (Å²) < 4.78 is 5.66. The Labute approximate surface area is 99.6 Å². The first-order valence-electron chi connectivity index (χ1n) is 5.38. The minimum Gasteiger partial charge on any atom is -0.441 e. The molecule has 16 heavy (non-hydrogen) atoms. The molecular formula is C12H15ClN2O. The fraction of sp³-hybridized carbons (Fsp3) is 0.417. The van der Waals surface area contributed by atoms with Crippen LogP contribution in [0.2, 0.25) is 5.02 Å². The van der Waals surface area contributed by atoms with E-state index in [9.17, 15) is 0 Å². The Morgan fingerprint density at radius 2 is 2.19 bits per heavy atom. The summed E-state index contributed by atoms with van der Waals surface area (Å²) in [6, 6.07) is 1.93. The second kappa shape index (κ2) is 4.44. The van der Waals surface area contributed by atoms with Gasteiger partial charge in [0.15, 0.2) is 11.5 Å². The summed E-state index contributed by atoms with van der Waals surface area (Å²) in [4.78, 5) is 4.45. The third kappa shape index (κ3) is 1.93. The molecule has 0 fully saturated rings. The van der Waals surface area contributed by atoms with Gasteiger partial charge in [0.1, 0.15) is 5.52 Å². The molecule has 0 amide bonds. The zero-order valence-electron chi connectivity index (χ0n) is 9.51. The minimum atomic E-state index is 0.650. The van der Waals surface area contributed by atoms with E-state index < -0.39 is 0 Å². The molecule has 2 rings (SSSR count). The van der Waals surface area contributed by atoms with Gasteiger partial charge in [-0.1, -0.05) is 11.6 Å². The van der Waals surface area contributed by atoms with Gasteiger partial charge in [0.2, 0.25) is 0 Å². The van der Waals surface area contributed by atoms with Gasteiger partial charge < -0.3 is 10.2 Å². The van der Waals surface area contributed by atoms with Crippen LogP contribution in [0, 0.1) is 13.8 Å². The Balaban J connectivity index is 2.49. The summed E-state index contributed by atoms with van der Waals surface area (Å²) in [7, 11) is 0. The van der Waals surface area contributed by atoms with Gasteiger partial charge in [-0.15, -0.1) is 0 Å². The highest BCUT2D eigenvalue weighted by Gasteiger charge is 2.12. The molecule has 0 aliphatic heterocycles. The number of halogens is 1. The van der Waals surface area contributed by atoms with Gasteiger partial charge in [-0.25, -0.2) is 4.98 Å². The van der Waals surface area contributed by atoms with Crippen molar-refractivity contribution >= 4 is 22.7 Å². The highest BCUT2D eigenvalue weighted by atomic mass is 35.5. The van der Waals surface area contributed by atoms with E-state index >= 15 is 0 Å². The van der Waals surface area contributed by atoms with Crippen molar-refractivity contribution in [2.45, 2.75) is 26.7 Å². The Morgan fingerprint density at radius 3 is 2.88 bits per heavy atom. The standard InChI is InChI=1S/C12H15ClN2O/c1-7-6-9-12(8(2)11(7)13)15-10(16-9)4-3-5-14/h6H,3-5,14H2,1-2H3. The zero-order chi connectivity index (χ0) is 11.7. The molecule has 0 saturated heterocycles. The molecule has 3 nitrogen and oxygen atoms in total. The third-order valence-corrected chi connectivity index (χ3v) is 3.25. The summed E-state index contributed by atoms with van der Waals surface area (Å²) in [6.45, 7) is 4.58. The van der Waals surface area contributed by atoms with Gasteiger partial charge in [-0.05, 0) is 44.0 Å². The first kappa shape index (κ1) is 11.4. The zero-order valence-corrected chi connectivity index (χ0v) is 10.3. The molecule has 1 aromatic heterocycles. The second-order valence-corrected chi connectivity index (χ2v) is 4.36. The number of nitrogens with zero attached hydrogens (tertiary/aromatic N) is 1. The van der Waals surface area contributed by atoms with Crippen LogP contribution in [0.4, 0.5) is 0 Å². The molecule has 86 valence electrons. The lowest BCUT2D eigenvalue weighted by atomic mass is 10.1. The predicted octanol–water partition coefficient (Wildman–Crippen LogP) is 2.99. The predicted molar refractivity (Wildman–Crippen MR) is 65.9 cm³/mol. The van der Waals surface area contributed by atoms with E-state index in [1.165, 1.54) is 0 Å². The summed E-state index contributed by atoms with van der Waals surface area (Å²) in [6.07, 6.45) is 1.67. The third-order valence-electron chi connectivity index (χ3n) is 2.67. The average molecular weight is 239 g/mol. The van der Waals surface area contributed by atoms with Gasteiger partial charge in [0.25, 0.3) is 0 Å². The lowest BCUT2D eigenvalue weighted by molar-refractivity contribution is 0.521. The van der Waals surface area contributed by atoms with Gasteiger partial charge in [-0.3, -0.25) is 0 Å². The first-order valence-corrected chi connectivity index (χ1v) is 5.76. The van der Waals surface area contributed by atoms with Crippen LogP contribution in [0.3, 0.4) is 0 Å². The Bertz CT molecular complexity index is 519. The highest BCUT2D eigenvalue weighted by molar-refractivity contribution is 6.33. The quantitative estimate of drug-likeness (QED) is 0.895. The topological polar surface area (TPSA) is 52.0 Å². The summed E-state index contributed by atoms with van der Waals surface area (Å²) >= 11 is 6.17. The molecule has 0 bridgehead atoms. The number of oxazole rings is 1. The van der Waals surface area contributed by atoms with E-state index in [2.05, 4.69) is 4.98 Å². The molecule has 0 saturated carbocycles. The maximum atomic E-state index is 6.17. The number of hydrogen-bond acceptors (Lipinski definition) is 3. The molecule has 0 spiro atoms. The second-order valence-electron chi connectivity index (χ2n) is 3.98. The molecule has 2 aromatic rings. The SMILES string of the molecule is Cc1cc2oc(CCCN)nc2c(C)c1Cl. The maximum absolute atomic E-state index is 6.17. The van der Waals surface area contributed by atoms with Crippen LogP contribution in [0.25, 0.3) is 11.1 Å². The maximum Gasteiger partial charge on any atom is 0.195 e. The average Bonchev–Trinajstić information content (AvgIpc) is 2.66. The van der Waals surface area contributed by atoms with Crippen molar-refractivity contribution in [3.05, 3.63) is 28.1 Å². The summed E-state index contributed by atoms with van der Waals surface area (Å²) in [5, 5.41) is 0.770. The summed E-state index contributed by atoms with van der Waals surface area (Å²) in [5.74, 6) is 0.741. The largest absolute Gasteiger partial charge is 0.441 e. The van der Waals surface area contributed by atoms with Gasteiger partial charge >= 0.3 is 0 Å². The van der Waals surface area contributed by atoms with Crippen molar-refractivity contribution in [2.75, 3.05) is 6.54 Å². The number of fused-ring (bicyclic) bond motifs is 1. The molecule has 2 N–H and O–H groups in total. The minimum absolute atomic E-state index is 0.650. The summed E-state index contributed by atoms with van der Waals surface area (Å²) in [5.41, 5.74) is 9.14. The molecular weight excluding hydrogens is 224 g/mol. The van der Waals surface area contributed by atoms with E-state index in [1.807, 2.05) is 19.9 Å². The van der Waals surface area contributed by atoms with Gasteiger partial charge in [-0.2, -0.15) is 0 Å². The van der Waals surface area contributed by atoms with Crippen molar-refractivity contribution in [3.63, 3.8) is 0 Å². The number of nitrogens with two attached hydrogens (primary N) is 1. The molecule has 0 unspecified atom stereocenters. The van der Waals surface area contributed by atoms with E-state index in [1.54, 1.807) is 0 Å². The fourth-order valence-corrected chi connectivity index (χ4v) is 1.91. The number of aromatic nitrogens is 1. The molecule has 0 aliphatic carbocycles. The fourth-order valence-electron chi connectivity index (χ4n) is 1.76.